The van der Waals surface area contributed by atoms with Crippen molar-refractivity contribution in [1.82, 2.24) is 10.1 Å². The monoisotopic (exact) mass is 488 g/mol. The summed E-state index contributed by atoms with van der Waals surface area (Å²) in [6, 6.07) is 4.49. The van der Waals surface area contributed by atoms with Gasteiger partial charge >= 0.3 is 12.2 Å². The molecule has 0 saturated heterocycles. The van der Waals surface area contributed by atoms with E-state index in [1.807, 2.05) is 6.92 Å². The number of amides is 3. The van der Waals surface area contributed by atoms with Gasteiger partial charge in [0.2, 0.25) is 5.91 Å². The summed E-state index contributed by atoms with van der Waals surface area (Å²) >= 11 is 0. The minimum Gasteiger partial charge on any atom is -0.369 e. The summed E-state index contributed by atoms with van der Waals surface area (Å²) in [5.41, 5.74) is 13.7. The van der Waals surface area contributed by atoms with Crippen LogP contribution in [0.2, 0.25) is 0 Å². The summed E-state index contributed by atoms with van der Waals surface area (Å²) in [4.78, 5) is 26.4. The van der Waals surface area contributed by atoms with E-state index in [0.29, 0.717) is 48.3 Å². The molecule has 186 valence electrons. The zero-order valence-corrected chi connectivity index (χ0v) is 19.5. The van der Waals surface area contributed by atoms with Crippen LogP contribution in [-0.4, -0.2) is 35.1 Å². The van der Waals surface area contributed by atoms with Crippen molar-refractivity contribution in [3.05, 3.63) is 69.6 Å². The average molecular weight is 489 g/mol. The number of aromatic nitrogens is 1. The molecule has 3 amide bonds. The van der Waals surface area contributed by atoms with E-state index in [1.165, 1.54) is 11.0 Å². The molecule has 4 rings (SSSR count). The summed E-state index contributed by atoms with van der Waals surface area (Å²) < 4.78 is 45.4. The van der Waals surface area contributed by atoms with E-state index < -0.39 is 29.1 Å². The van der Waals surface area contributed by atoms with Crippen molar-refractivity contribution >= 4 is 17.5 Å². The third-order valence-corrected chi connectivity index (χ3v) is 7.17. The quantitative estimate of drug-likeness (QED) is 0.653. The molecule has 0 fully saturated rings. The highest BCUT2D eigenvalue weighted by molar-refractivity contribution is 5.91. The van der Waals surface area contributed by atoms with E-state index in [0.717, 1.165) is 29.0 Å². The molecule has 7 nitrogen and oxygen atoms in total. The van der Waals surface area contributed by atoms with Crippen LogP contribution in [0.1, 0.15) is 47.4 Å². The Morgan fingerprint density at radius 1 is 1.23 bits per heavy atom. The van der Waals surface area contributed by atoms with Gasteiger partial charge in [-0.15, -0.1) is 0 Å². The van der Waals surface area contributed by atoms with Gasteiger partial charge < -0.3 is 20.9 Å². The Bertz CT molecular complexity index is 1230. The maximum Gasteiger partial charge on any atom is 0.416 e. The lowest BCUT2D eigenvalue weighted by molar-refractivity contribution is -0.137. The van der Waals surface area contributed by atoms with Crippen LogP contribution in [0.25, 0.3) is 5.57 Å². The minimum absolute atomic E-state index is 0.0888. The molecular formula is C25H27F3N4O3. The van der Waals surface area contributed by atoms with Gasteiger partial charge in [-0.05, 0) is 73.9 Å². The summed E-state index contributed by atoms with van der Waals surface area (Å²) in [5, 5.41) is 3.97. The number of nitrogens with two attached hydrogens (primary N) is 2. The molecule has 35 heavy (non-hydrogen) atoms. The van der Waals surface area contributed by atoms with Crippen LogP contribution in [0, 0.1) is 19.3 Å². The van der Waals surface area contributed by atoms with E-state index in [1.54, 1.807) is 19.1 Å². The van der Waals surface area contributed by atoms with Crippen molar-refractivity contribution in [2.75, 3.05) is 13.1 Å². The Morgan fingerprint density at radius 3 is 2.57 bits per heavy atom. The average Bonchev–Trinajstić information content (AvgIpc) is 3.13. The number of nitrogens with zero attached hydrogens (tertiary/aromatic N) is 2. The molecular weight excluding hydrogens is 461 g/mol. The lowest BCUT2D eigenvalue weighted by atomic mass is 9.64. The molecule has 1 aromatic heterocycles. The zero-order chi connectivity index (χ0) is 25.5. The number of aryl methyl sites for hydroxylation is 2. The molecule has 10 heteroatoms. The molecule has 0 spiro atoms. The molecule has 1 aliphatic heterocycles. The predicted molar refractivity (Wildman–Crippen MR) is 123 cm³/mol. The molecule has 2 aliphatic rings. The number of primary amides is 2. The lowest BCUT2D eigenvalue weighted by Gasteiger charge is -2.43. The first-order valence-electron chi connectivity index (χ1n) is 11.3. The number of hydrogen-bond donors (Lipinski definition) is 2. The second-order valence-corrected chi connectivity index (χ2v) is 9.12. The molecule has 1 aromatic carbocycles. The predicted octanol–water partition coefficient (Wildman–Crippen LogP) is 4.28. The summed E-state index contributed by atoms with van der Waals surface area (Å²) in [6.07, 6.45) is -1.34. The molecule has 0 saturated carbocycles. The Kier molecular flexibility index (Phi) is 6.25. The number of rotatable bonds is 5. The highest BCUT2D eigenvalue weighted by Crippen LogP contribution is 2.49. The van der Waals surface area contributed by atoms with Crippen molar-refractivity contribution in [3.63, 3.8) is 0 Å². The molecule has 1 aliphatic carbocycles. The first-order valence-corrected chi connectivity index (χ1v) is 11.3. The SMILES string of the molecule is Cc1noc(C)c1CCC1(C(N)=O)CC=C(c2cccc(C(F)(F)F)c2)C2=C1CN(C(N)=O)CC2. The van der Waals surface area contributed by atoms with Gasteiger partial charge in [0, 0.05) is 18.7 Å². The fraction of sp³-hybridized carbons (Fsp3) is 0.400. The van der Waals surface area contributed by atoms with Gasteiger partial charge in [0.25, 0.3) is 0 Å². The van der Waals surface area contributed by atoms with Crippen LogP contribution in [-0.2, 0) is 17.4 Å². The van der Waals surface area contributed by atoms with Crippen LogP contribution in [0.4, 0.5) is 18.0 Å². The molecule has 1 atom stereocenters. The summed E-state index contributed by atoms with van der Waals surface area (Å²) in [6.45, 7) is 3.99. The number of urea groups is 1. The number of carbonyl (C=O) groups excluding carboxylic acids is 2. The first kappa shape index (κ1) is 24.6. The van der Waals surface area contributed by atoms with Gasteiger partial charge in [0.05, 0.1) is 16.7 Å². The number of hydrogen-bond acceptors (Lipinski definition) is 4. The zero-order valence-electron chi connectivity index (χ0n) is 19.5. The van der Waals surface area contributed by atoms with E-state index in [-0.39, 0.29) is 13.0 Å². The highest BCUT2D eigenvalue weighted by Gasteiger charge is 2.46. The Balaban J connectivity index is 1.80. The molecule has 0 radical (unpaired) electrons. The second kappa shape index (κ2) is 8.90. The van der Waals surface area contributed by atoms with Gasteiger partial charge in [-0.1, -0.05) is 23.4 Å². The van der Waals surface area contributed by atoms with Gasteiger partial charge in [0.15, 0.2) is 0 Å². The van der Waals surface area contributed by atoms with E-state index in [2.05, 4.69) is 5.16 Å². The Hall–Kier alpha value is -3.56. The second-order valence-electron chi connectivity index (χ2n) is 9.12. The first-order chi connectivity index (χ1) is 16.4. The highest BCUT2D eigenvalue weighted by atomic mass is 19.4. The third kappa shape index (κ3) is 4.44. The Labute approximate surface area is 200 Å². The van der Waals surface area contributed by atoms with Crippen molar-refractivity contribution in [2.45, 2.75) is 45.7 Å². The van der Waals surface area contributed by atoms with Gasteiger partial charge in [0.1, 0.15) is 5.76 Å². The topological polar surface area (TPSA) is 115 Å². The molecule has 1 unspecified atom stereocenters. The summed E-state index contributed by atoms with van der Waals surface area (Å²) in [5.74, 6) is 0.0946. The standard InChI is InChI=1S/C25H27F3N4O3/c1-14-18(15(2)35-31-14)6-9-24(22(29)33)10-7-19(16-4-3-5-17(12-16)25(26,27)28)20-8-11-32(23(30)34)13-21(20)24/h3-5,7,12H,6,8-11,13H2,1-2H3,(H2,29,33)(H2,30,34). The van der Waals surface area contributed by atoms with Crippen molar-refractivity contribution in [1.29, 1.82) is 0 Å². The number of alkyl halides is 3. The fourth-order valence-electron chi connectivity index (χ4n) is 5.19. The molecule has 4 N–H and O–H groups in total. The normalized spacial score (nSPS) is 20.5. The molecule has 2 aromatic rings. The maximum atomic E-state index is 13.4. The minimum atomic E-state index is -4.48. The van der Waals surface area contributed by atoms with Crippen LogP contribution in [0.5, 0.6) is 0 Å². The van der Waals surface area contributed by atoms with E-state index >= 15 is 0 Å². The van der Waals surface area contributed by atoms with Gasteiger partial charge in [-0.25, -0.2) is 4.79 Å². The number of benzene rings is 1. The fourth-order valence-corrected chi connectivity index (χ4v) is 5.19. The lowest BCUT2D eigenvalue weighted by Crippen LogP contribution is -2.49. The van der Waals surface area contributed by atoms with Crippen LogP contribution >= 0.6 is 0 Å². The molecule has 2 heterocycles. The third-order valence-electron chi connectivity index (χ3n) is 7.17. The van der Waals surface area contributed by atoms with Gasteiger partial charge in [-0.2, -0.15) is 13.2 Å². The van der Waals surface area contributed by atoms with Crippen molar-refractivity contribution in [2.24, 2.45) is 16.9 Å². The van der Waals surface area contributed by atoms with Crippen molar-refractivity contribution < 1.29 is 27.3 Å². The van der Waals surface area contributed by atoms with E-state index in [9.17, 15) is 22.8 Å². The molecule has 0 bridgehead atoms. The number of carbonyl (C=O) groups is 2. The van der Waals surface area contributed by atoms with Crippen LogP contribution < -0.4 is 11.5 Å². The smallest absolute Gasteiger partial charge is 0.369 e. The maximum absolute atomic E-state index is 13.4. The van der Waals surface area contributed by atoms with Crippen molar-refractivity contribution in [3.8, 4) is 0 Å². The van der Waals surface area contributed by atoms with Gasteiger partial charge in [-0.3, -0.25) is 4.79 Å². The number of halogens is 3. The van der Waals surface area contributed by atoms with Crippen LogP contribution in [0.3, 0.4) is 0 Å². The van der Waals surface area contributed by atoms with Crippen LogP contribution in [0.15, 0.2) is 46.0 Å². The number of allylic oxidation sites excluding steroid dienone is 2. The Morgan fingerprint density at radius 2 is 1.97 bits per heavy atom. The largest absolute Gasteiger partial charge is 0.416 e. The summed E-state index contributed by atoms with van der Waals surface area (Å²) in [7, 11) is 0. The van der Waals surface area contributed by atoms with E-state index in [4.69, 9.17) is 16.0 Å².